The summed E-state index contributed by atoms with van der Waals surface area (Å²) in [7, 11) is 0. The minimum atomic E-state index is 1.06. The maximum absolute atomic E-state index is 3.87. The number of rotatable bonds is 12. The molecule has 1 aliphatic rings. The van der Waals surface area contributed by atoms with E-state index in [0.717, 1.165) is 25.7 Å². The van der Waals surface area contributed by atoms with E-state index in [1.54, 1.807) is 0 Å². The molecule has 4 N–H and O–H groups in total. The Bertz CT molecular complexity index is 1410. The van der Waals surface area contributed by atoms with Crippen molar-refractivity contribution in [2.45, 2.75) is 105 Å². The van der Waals surface area contributed by atoms with Crippen molar-refractivity contribution in [1.82, 2.24) is 19.9 Å². The van der Waals surface area contributed by atoms with Gasteiger partial charge in [-0.2, -0.15) is 0 Å². The molecule has 8 bridgehead atoms. The second-order valence-corrected chi connectivity index (χ2v) is 11.5. The van der Waals surface area contributed by atoms with Gasteiger partial charge < -0.3 is 19.9 Å². The molecule has 40 heavy (non-hydrogen) atoms. The van der Waals surface area contributed by atoms with Gasteiger partial charge in [0.05, 0.1) is 0 Å². The highest BCUT2D eigenvalue weighted by Crippen LogP contribution is 2.25. The molecule has 0 spiro atoms. The van der Waals surface area contributed by atoms with Crippen LogP contribution in [0.3, 0.4) is 0 Å². The Hall–Kier alpha value is -3.40. The highest BCUT2D eigenvalue weighted by Gasteiger charge is 2.14. The van der Waals surface area contributed by atoms with Crippen LogP contribution in [0.2, 0.25) is 0 Å². The third-order valence-corrected chi connectivity index (χ3v) is 8.47. The molecule has 0 aromatic carbocycles. The lowest BCUT2D eigenvalue weighted by atomic mass is 10.1. The predicted molar refractivity (Wildman–Crippen MR) is 170 cm³/mol. The van der Waals surface area contributed by atoms with Gasteiger partial charge in [-0.05, 0) is 122 Å². The Morgan fingerprint density at radius 2 is 0.600 bits per heavy atom. The summed E-state index contributed by atoms with van der Waals surface area (Å²) in [6, 6.07) is 18.4. The molecule has 5 rings (SSSR count). The van der Waals surface area contributed by atoms with Crippen molar-refractivity contribution in [3.63, 3.8) is 0 Å². The minimum Gasteiger partial charge on any atom is -0.355 e. The minimum absolute atomic E-state index is 1.06. The van der Waals surface area contributed by atoms with Crippen molar-refractivity contribution in [3.05, 3.63) is 92.7 Å². The van der Waals surface area contributed by atoms with E-state index >= 15 is 0 Å². The fourth-order valence-corrected chi connectivity index (χ4v) is 6.06. The molecule has 0 aliphatic carbocycles. The summed E-state index contributed by atoms with van der Waals surface area (Å²) >= 11 is 0. The quantitative estimate of drug-likeness (QED) is 0.153. The van der Waals surface area contributed by atoms with Gasteiger partial charge in [-0.25, -0.2) is 0 Å². The zero-order valence-corrected chi connectivity index (χ0v) is 25.1. The van der Waals surface area contributed by atoms with Crippen LogP contribution in [0.15, 0.2) is 48.5 Å². The highest BCUT2D eigenvalue weighted by atomic mass is 14.8. The summed E-state index contributed by atoms with van der Waals surface area (Å²) in [5, 5.41) is 4.93. The fourth-order valence-electron chi connectivity index (χ4n) is 6.06. The van der Waals surface area contributed by atoms with Crippen molar-refractivity contribution >= 4 is 22.3 Å². The third kappa shape index (κ3) is 6.01. The summed E-state index contributed by atoms with van der Waals surface area (Å²) in [6.45, 7) is 9.12. The van der Waals surface area contributed by atoms with Crippen LogP contribution >= 0.6 is 0 Å². The zero-order chi connectivity index (χ0) is 27.9. The normalized spacial score (nSPS) is 13.5. The molecule has 4 nitrogen and oxygen atoms in total. The van der Waals surface area contributed by atoms with E-state index < -0.39 is 0 Å². The summed E-state index contributed by atoms with van der Waals surface area (Å²) in [6.07, 6.45) is 13.6. The first kappa shape index (κ1) is 28.1. The number of unbranched alkanes of at least 4 members (excludes halogenated alkanes) is 4. The van der Waals surface area contributed by atoms with Gasteiger partial charge >= 0.3 is 0 Å². The zero-order valence-electron chi connectivity index (χ0n) is 25.1. The summed E-state index contributed by atoms with van der Waals surface area (Å²) in [4.78, 5) is 15.5. The molecule has 0 unspecified atom stereocenters. The Kier molecular flexibility index (Phi) is 9.36. The van der Waals surface area contributed by atoms with E-state index in [1.165, 1.54) is 118 Å². The standard InChI is InChI=1S/C36H48N4/c1-5-9-13-25-29-17-19-31(37-29)26(14-10-6-2)33-21-23-35(39-33)28(16-12-8-4)36-24-22-34(40-36)27(15-11-7-3)32-20-18-30(25)38-32/h17-24,37-40H,5-16H2,1-4H3. The number of hydrogen-bond donors (Lipinski definition) is 4. The maximum atomic E-state index is 3.87. The Morgan fingerprint density at radius 3 is 0.825 bits per heavy atom. The number of H-pyrrole nitrogens is 4. The van der Waals surface area contributed by atoms with Crippen LogP contribution in [0, 0.1) is 0 Å². The number of hydrogen-bond acceptors (Lipinski definition) is 0. The molecule has 5 heterocycles. The van der Waals surface area contributed by atoms with Gasteiger partial charge in [0.15, 0.2) is 0 Å². The van der Waals surface area contributed by atoms with E-state index in [9.17, 15) is 0 Å². The summed E-state index contributed by atoms with van der Waals surface area (Å²) in [5.41, 5.74) is 10.5. The fraction of sp³-hybridized carbons (Fsp3) is 0.444. The van der Waals surface area contributed by atoms with Gasteiger partial charge in [0.2, 0.25) is 0 Å². The van der Waals surface area contributed by atoms with Gasteiger partial charge in [0, 0.05) is 44.2 Å². The lowest BCUT2D eigenvalue weighted by molar-refractivity contribution is 0.812. The van der Waals surface area contributed by atoms with E-state index in [2.05, 4.69) is 96.2 Å². The molecule has 0 radical (unpaired) electrons. The second-order valence-electron chi connectivity index (χ2n) is 11.5. The number of fused-ring (bicyclic) bond motifs is 8. The Balaban J connectivity index is 1.83. The first-order chi connectivity index (χ1) is 19.7. The first-order valence-corrected chi connectivity index (χ1v) is 15.9. The van der Waals surface area contributed by atoms with Crippen LogP contribution in [0.1, 0.15) is 128 Å². The average molecular weight is 537 g/mol. The molecule has 0 atom stereocenters. The van der Waals surface area contributed by atoms with Crippen molar-refractivity contribution < 1.29 is 0 Å². The smallest absolute Gasteiger partial charge is 0.0438 e. The molecule has 0 saturated heterocycles. The van der Waals surface area contributed by atoms with Gasteiger partial charge in [0.25, 0.3) is 0 Å². The van der Waals surface area contributed by atoms with Crippen LogP contribution in [0.25, 0.3) is 22.3 Å². The van der Waals surface area contributed by atoms with Crippen LogP contribution in [0.4, 0.5) is 0 Å². The van der Waals surface area contributed by atoms with E-state index in [4.69, 9.17) is 0 Å². The van der Waals surface area contributed by atoms with Gasteiger partial charge in [0.1, 0.15) is 0 Å². The molecule has 212 valence electrons. The largest absolute Gasteiger partial charge is 0.355 e. The molecule has 0 fully saturated rings. The maximum Gasteiger partial charge on any atom is 0.0438 e. The molecule has 4 aromatic heterocycles. The van der Waals surface area contributed by atoms with E-state index in [-0.39, 0.29) is 0 Å². The van der Waals surface area contributed by atoms with Gasteiger partial charge in [-0.15, -0.1) is 0 Å². The number of nitrogens with one attached hydrogen (secondary N) is 4. The van der Waals surface area contributed by atoms with Crippen LogP contribution in [0.5, 0.6) is 0 Å². The SMILES string of the molecule is CCCCC1=c2ccc([nH]2)=C(CCCC)c2ccc([nH]2)C(CCCC)=c2ccc([nH]2)=C(CCCC)c2ccc1[nH]2. The molecular weight excluding hydrogens is 488 g/mol. The summed E-state index contributed by atoms with van der Waals surface area (Å²) in [5.74, 6) is 0. The molecule has 0 saturated carbocycles. The first-order valence-electron chi connectivity index (χ1n) is 15.9. The van der Waals surface area contributed by atoms with Gasteiger partial charge in [-0.1, -0.05) is 53.4 Å². The molecule has 0 amide bonds. The van der Waals surface area contributed by atoms with Crippen LogP contribution < -0.4 is 21.4 Å². The van der Waals surface area contributed by atoms with E-state index in [0.29, 0.717) is 0 Å². The molecule has 4 aromatic rings. The monoisotopic (exact) mass is 536 g/mol. The predicted octanol–water partition coefficient (Wildman–Crippen LogP) is 6.87. The average Bonchev–Trinajstić information content (AvgIpc) is 3.78. The lowest BCUT2D eigenvalue weighted by Crippen LogP contribution is -2.18. The lowest BCUT2D eigenvalue weighted by Gasteiger charge is -2.08. The van der Waals surface area contributed by atoms with Crippen molar-refractivity contribution in [3.8, 4) is 0 Å². The van der Waals surface area contributed by atoms with Crippen LogP contribution in [-0.2, 0) is 0 Å². The highest BCUT2D eigenvalue weighted by molar-refractivity contribution is 5.71. The topological polar surface area (TPSA) is 63.2 Å². The second kappa shape index (κ2) is 13.3. The van der Waals surface area contributed by atoms with Crippen LogP contribution in [-0.4, -0.2) is 19.9 Å². The van der Waals surface area contributed by atoms with Crippen molar-refractivity contribution in [2.24, 2.45) is 0 Å². The molecule has 4 heteroatoms. The Morgan fingerprint density at radius 1 is 0.350 bits per heavy atom. The molecule has 1 aliphatic heterocycles. The molecular formula is C36H48N4. The number of aromatic nitrogens is 4. The summed E-state index contributed by atoms with van der Waals surface area (Å²) < 4.78 is 0. The third-order valence-electron chi connectivity index (χ3n) is 8.47. The van der Waals surface area contributed by atoms with E-state index in [1.807, 2.05) is 0 Å². The number of aromatic amines is 4. The van der Waals surface area contributed by atoms with Crippen molar-refractivity contribution in [2.75, 3.05) is 0 Å². The van der Waals surface area contributed by atoms with Crippen molar-refractivity contribution in [1.29, 1.82) is 0 Å². The van der Waals surface area contributed by atoms with Gasteiger partial charge in [-0.3, -0.25) is 0 Å². The Labute approximate surface area is 239 Å².